The molecule has 15 heavy (non-hydrogen) atoms. The lowest BCUT2D eigenvalue weighted by molar-refractivity contribution is 0.0243. The van der Waals surface area contributed by atoms with E-state index in [1.54, 1.807) is 12.1 Å². The number of aliphatic hydroxyl groups is 2. The summed E-state index contributed by atoms with van der Waals surface area (Å²) in [6, 6.07) is 3.13. The predicted octanol–water partition coefficient (Wildman–Crippen LogP) is 1.44. The van der Waals surface area contributed by atoms with Crippen LogP contribution < -0.4 is 0 Å². The Hall–Kier alpha value is -1.33. The summed E-state index contributed by atoms with van der Waals surface area (Å²) >= 11 is 5.71. The topological polar surface area (TPSA) is 102 Å². The van der Waals surface area contributed by atoms with E-state index in [9.17, 15) is 10.2 Å². The Morgan fingerprint density at radius 3 is 2.93 bits per heavy atom. The zero-order valence-electron chi connectivity index (χ0n) is 7.66. The summed E-state index contributed by atoms with van der Waals surface area (Å²) in [7, 11) is 0. The molecule has 2 unspecified atom stereocenters. The minimum atomic E-state index is -1.21. The lowest BCUT2D eigenvalue weighted by Gasteiger charge is -2.16. The number of hydrogen-bond donors (Lipinski definition) is 2. The van der Waals surface area contributed by atoms with Gasteiger partial charge in [0.05, 0.1) is 12.6 Å². The molecule has 0 aliphatic carbocycles. The third-order valence-corrected chi connectivity index (χ3v) is 2.12. The molecule has 0 amide bonds. The van der Waals surface area contributed by atoms with Gasteiger partial charge < -0.3 is 10.2 Å². The Morgan fingerprint density at radius 2 is 2.33 bits per heavy atom. The van der Waals surface area contributed by atoms with Crippen LogP contribution in [0.1, 0.15) is 11.7 Å². The van der Waals surface area contributed by atoms with E-state index in [0.717, 1.165) is 0 Å². The molecule has 1 aromatic heterocycles. The third-order valence-electron chi connectivity index (χ3n) is 1.80. The van der Waals surface area contributed by atoms with Crippen molar-refractivity contribution in [1.82, 2.24) is 4.98 Å². The largest absolute Gasteiger partial charge is 0.390 e. The highest BCUT2D eigenvalue weighted by Gasteiger charge is 2.20. The van der Waals surface area contributed by atoms with Crippen molar-refractivity contribution >= 4 is 11.6 Å². The molecule has 0 bridgehead atoms. The Balaban J connectivity index is 2.79. The smallest absolute Gasteiger partial charge is 0.134 e. The highest BCUT2D eigenvalue weighted by Crippen LogP contribution is 2.23. The molecule has 0 radical (unpaired) electrons. The molecule has 0 aromatic carbocycles. The zero-order chi connectivity index (χ0) is 11.3. The van der Waals surface area contributed by atoms with E-state index in [-0.39, 0.29) is 11.7 Å². The van der Waals surface area contributed by atoms with E-state index in [0.29, 0.717) is 5.56 Å². The van der Waals surface area contributed by atoms with Crippen molar-refractivity contribution in [2.45, 2.75) is 12.2 Å². The fourth-order valence-electron chi connectivity index (χ4n) is 1.05. The van der Waals surface area contributed by atoms with E-state index in [1.807, 2.05) is 0 Å². The number of rotatable bonds is 4. The zero-order valence-corrected chi connectivity index (χ0v) is 8.41. The molecule has 1 rings (SSSR count). The third kappa shape index (κ3) is 3.07. The van der Waals surface area contributed by atoms with E-state index >= 15 is 0 Å². The van der Waals surface area contributed by atoms with Crippen LogP contribution in [0.15, 0.2) is 23.4 Å². The summed E-state index contributed by atoms with van der Waals surface area (Å²) in [6.45, 7) is -0.219. The number of aliphatic hydroxyl groups excluding tert-OH is 2. The van der Waals surface area contributed by atoms with Gasteiger partial charge in [-0.3, -0.25) is 0 Å². The fraction of sp³-hybridized carbons (Fsp3) is 0.375. The Morgan fingerprint density at radius 1 is 1.60 bits per heavy atom. The molecule has 2 atom stereocenters. The predicted molar refractivity (Wildman–Crippen MR) is 54.2 cm³/mol. The van der Waals surface area contributed by atoms with Crippen LogP contribution in [-0.2, 0) is 0 Å². The van der Waals surface area contributed by atoms with Gasteiger partial charge in [0, 0.05) is 16.7 Å². The molecule has 6 nitrogen and oxygen atoms in total. The van der Waals surface area contributed by atoms with Crippen molar-refractivity contribution in [3.63, 3.8) is 0 Å². The second-order valence-electron chi connectivity index (χ2n) is 2.81. The van der Waals surface area contributed by atoms with Gasteiger partial charge in [0.15, 0.2) is 0 Å². The summed E-state index contributed by atoms with van der Waals surface area (Å²) < 4.78 is 0. The average molecular weight is 229 g/mol. The maximum atomic E-state index is 9.64. The molecule has 80 valence electrons. The molecule has 1 aromatic rings. The van der Waals surface area contributed by atoms with Crippen molar-refractivity contribution < 1.29 is 10.2 Å². The average Bonchev–Trinajstić information content (AvgIpc) is 2.25. The van der Waals surface area contributed by atoms with Gasteiger partial charge >= 0.3 is 0 Å². The molecule has 0 fully saturated rings. The molecule has 0 aliphatic rings. The van der Waals surface area contributed by atoms with E-state index in [2.05, 4.69) is 15.0 Å². The highest BCUT2D eigenvalue weighted by atomic mass is 35.5. The number of azide groups is 1. The van der Waals surface area contributed by atoms with Gasteiger partial charge in [-0.2, -0.15) is 0 Å². The second-order valence-corrected chi connectivity index (χ2v) is 3.17. The first-order chi connectivity index (χ1) is 7.16. The lowest BCUT2D eigenvalue weighted by atomic mass is 10.1. The van der Waals surface area contributed by atoms with Crippen LogP contribution in [0.25, 0.3) is 10.4 Å². The van der Waals surface area contributed by atoms with Crippen LogP contribution in [0.2, 0.25) is 5.15 Å². The van der Waals surface area contributed by atoms with Crippen LogP contribution >= 0.6 is 11.6 Å². The number of nitrogens with zero attached hydrogens (tertiary/aromatic N) is 4. The number of hydrogen-bond acceptors (Lipinski definition) is 4. The fourth-order valence-corrected chi connectivity index (χ4v) is 1.28. The first kappa shape index (κ1) is 11.7. The second kappa shape index (κ2) is 5.53. The molecule has 7 heteroatoms. The van der Waals surface area contributed by atoms with Crippen LogP contribution in [0.4, 0.5) is 0 Å². The van der Waals surface area contributed by atoms with Crippen molar-refractivity contribution in [1.29, 1.82) is 0 Å². The van der Waals surface area contributed by atoms with Gasteiger partial charge in [0.1, 0.15) is 11.3 Å². The maximum absolute atomic E-state index is 9.64. The summed E-state index contributed by atoms with van der Waals surface area (Å²) in [5.41, 5.74) is 8.35. The lowest BCUT2D eigenvalue weighted by Crippen LogP contribution is -2.21. The quantitative estimate of drug-likeness (QED) is 0.353. The standard InChI is InChI=1S/C8H9ClN4O2/c9-8-5(2-1-3-11-8)7(15)6(14)4-12-13-10/h1-3,6-7,14-15H,4H2. The molecule has 1 heterocycles. The summed E-state index contributed by atoms with van der Waals surface area (Å²) in [6.07, 6.45) is -0.933. The van der Waals surface area contributed by atoms with E-state index in [4.69, 9.17) is 17.1 Å². The minimum Gasteiger partial charge on any atom is -0.390 e. The van der Waals surface area contributed by atoms with Crippen molar-refractivity contribution in [3.05, 3.63) is 39.5 Å². The first-order valence-corrected chi connectivity index (χ1v) is 4.52. The Bertz CT molecular complexity index is 381. The molecule has 0 spiro atoms. The molecule has 2 N–H and O–H groups in total. The summed E-state index contributed by atoms with van der Waals surface area (Å²) in [4.78, 5) is 6.23. The van der Waals surface area contributed by atoms with Gasteiger partial charge in [-0.25, -0.2) is 4.98 Å². The minimum absolute atomic E-state index is 0.116. The van der Waals surface area contributed by atoms with Crippen LogP contribution in [-0.4, -0.2) is 27.8 Å². The van der Waals surface area contributed by atoms with Crippen LogP contribution in [0.5, 0.6) is 0 Å². The van der Waals surface area contributed by atoms with Crippen molar-refractivity contribution in [3.8, 4) is 0 Å². The van der Waals surface area contributed by atoms with Gasteiger partial charge in [-0.05, 0) is 11.6 Å². The van der Waals surface area contributed by atoms with Gasteiger partial charge in [-0.1, -0.05) is 22.8 Å². The number of aromatic nitrogens is 1. The molecule has 0 saturated carbocycles. The highest BCUT2D eigenvalue weighted by molar-refractivity contribution is 6.30. The first-order valence-electron chi connectivity index (χ1n) is 4.14. The molecule has 0 aliphatic heterocycles. The van der Waals surface area contributed by atoms with E-state index in [1.165, 1.54) is 6.20 Å². The number of halogens is 1. The molecular weight excluding hydrogens is 220 g/mol. The maximum Gasteiger partial charge on any atom is 0.134 e. The summed E-state index contributed by atoms with van der Waals surface area (Å²) in [5, 5.41) is 22.3. The van der Waals surface area contributed by atoms with E-state index < -0.39 is 12.2 Å². The van der Waals surface area contributed by atoms with Crippen LogP contribution in [0.3, 0.4) is 0 Å². The van der Waals surface area contributed by atoms with Crippen molar-refractivity contribution in [2.75, 3.05) is 6.54 Å². The van der Waals surface area contributed by atoms with Crippen LogP contribution in [0, 0.1) is 0 Å². The van der Waals surface area contributed by atoms with Crippen molar-refractivity contribution in [2.24, 2.45) is 5.11 Å². The molecule has 0 saturated heterocycles. The normalized spacial score (nSPS) is 14.1. The number of pyridine rings is 1. The van der Waals surface area contributed by atoms with Gasteiger partial charge in [-0.15, -0.1) is 0 Å². The Labute approximate surface area is 90.8 Å². The van der Waals surface area contributed by atoms with Gasteiger partial charge in [0.2, 0.25) is 0 Å². The van der Waals surface area contributed by atoms with Gasteiger partial charge in [0.25, 0.3) is 0 Å². The Kier molecular flexibility index (Phi) is 4.33. The monoisotopic (exact) mass is 228 g/mol. The molecular formula is C8H9ClN4O2. The SMILES string of the molecule is [N-]=[N+]=NCC(O)C(O)c1cccnc1Cl. The summed E-state index contributed by atoms with van der Waals surface area (Å²) in [5.74, 6) is 0.